The van der Waals surface area contributed by atoms with Gasteiger partial charge in [-0.05, 0) is 51.3 Å². The first kappa shape index (κ1) is 24.0. The molecule has 2 saturated heterocycles. The summed E-state index contributed by atoms with van der Waals surface area (Å²) in [7, 11) is 0. The van der Waals surface area contributed by atoms with Crippen molar-refractivity contribution in [3.63, 3.8) is 0 Å². The number of aryl methyl sites for hydroxylation is 1. The number of benzene rings is 2. The maximum atomic E-state index is 13.3. The Morgan fingerprint density at radius 1 is 0.971 bits per heavy atom. The van der Waals surface area contributed by atoms with E-state index in [1.54, 1.807) is 4.90 Å². The van der Waals surface area contributed by atoms with Crippen LogP contribution in [0.15, 0.2) is 54.6 Å². The van der Waals surface area contributed by atoms with Crippen LogP contribution in [-0.4, -0.2) is 53.2 Å². The summed E-state index contributed by atoms with van der Waals surface area (Å²) in [6.45, 7) is 8.29. The molecular weight excluding hydrogens is 426 g/mol. The van der Waals surface area contributed by atoms with E-state index in [2.05, 4.69) is 13.8 Å². The summed E-state index contributed by atoms with van der Waals surface area (Å²) in [6.07, 6.45) is 1.60. The summed E-state index contributed by atoms with van der Waals surface area (Å²) >= 11 is 0. The van der Waals surface area contributed by atoms with Crippen molar-refractivity contribution in [2.75, 3.05) is 24.5 Å². The van der Waals surface area contributed by atoms with E-state index in [1.807, 2.05) is 71.3 Å². The van der Waals surface area contributed by atoms with E-state index in [-0.39, 0.29) is 42.0 Å². The summed E-state index contributed by atoms with van der Waals surface area (Å²) in [5.74, 6) is -0.164. The molecule has 2 heterocycles. The molecule has 2 aromatic carbocycles. The number of nitrogens with zero attached hydrogens (tertiary/aromatic N) is 3. The lowest BCUT2D eigenvalue weighted by Crippen LogP contribution is -2.47. The molecule has 0 spiro atoms. The topological polar surface area (TPSA) is 60.9 Å². The SMILES string of the molecule is Cc1ccc(N2CC(C(=O)N3CCC(C(=O)N(Cc4ccccc4)C(C)C)CC3)CC2=O)cc1. The number of rotatable bonds is 6. The van der Waals surface area contributed by atoms with Crippen LogP contribution in [0.5, 0.6) is 0 Å². The highest BCUT2D eigenvalue weighted by atomic mass is 16.2. The number of carbonyl (C=O) groups excluding carboxylic acids is 3. The lowest BCUT2D eigenvalue weighted by molar-refractivity contribution is -0.144. The number of likely N-dealkylation sites (tertiary alicyclic amines) is 1. The second-order valence-electron chi connectivity index (χ2n) is 9.89. The van der Waals surface area contributed by atoms with Crippen LogP contribution >= 0.6 is 0 Å². The van der Waals surface area contributed by atoms with Gasteiger partial charge in [-0.2, -0.15) is 0 Å². The number of carbonyl (C=O) groups is 3. The molecule has 2 fully saturated rings. The van der Waals surface area contributed by atoms with Crippen LogP contribution in [0.25, 0.3) is 0 Å². The van der Waals surface area contributed by atoms with E-state index >= 15 is 0 Å². The molecule has 1 unspecified atom stereocenters. The summed E-state index contributed by atoms with van der Waals surface area (Å²) < 4.78 is 0. The molecule has 6 nitrogen and oxygen atoms in total. The van der Waals surface area contributed by atoms with Gasteiger partial charge in [0.25, 0.3) is 0 Å². The highest BCUT2D eigenvalue weighted by Gasteiger charge is 2.39. The molecule has 0 bridgehead atoms. The average Bonchev–Trinajstić information content (AvgIpc) is 3.24. The van der Waals surface area contributed by atoms with E-state index in [0.717, 1.165) is 16.8 Å². The standard InChI is InChI=1S/C28H35N3O3/c1-20(2)30(18-22-7-5-4-6-8-22)28(34)23-13-15-29(16-14-23)27(33)24-17-26(32)31(19-24)25-11-9-21(3)10-12-25/h4-12,20,23-24H,13-19H2,1-3H3. The van der Waals surface area contributed by atoms with Gasteiger partial charge in [0.15, 0.2) is 0 Å². The van der Waals surface area contributed by atoms with Crippen molar-refractivity contribution in [2.45, 2.75) is 52.6 Å². The Morgan fingerprint density at radius 3 is 2.24 bits per heavy atom. The van der Waals surface area contributed by atoms with E-state index in [9.17, 15) is 14.4 Å². The van der Waals surface area contributed by atoms with Gasteiger partial charge in [-0.3, -0.25) is 14.4 Å². The molecule has 3 amide bonds. The van der Waals surface area contributed by atoms with Gasteiger partial charge in [0.1, 0.15) is 0 Å². The number of anilines is 1. The minimum absolute atomic E-state index is 0.000698. The molecule has 0 N–H and O–H groups in total. The molecule has 0 saturated carbocycles. The van der Waals surface area contributed by atoms with Crippen molar-refractivity contribution >= 4 is 23.4 Å². The van der Waals surface area contributed by atoms with Crippen molar-refractivity contribution in [1.82, 2.24) is 9.80 Å². The molecule has 0 aromatic heterocycles. The number of hydrogen-bond donors (Lipinski definition) is 0. The summed E-state index contributed by atoms with van der Waals surface area (Å²) in [5, 5.41) is 0. The molecule has 2 aromatic rings. The Labute approximate surface area is 202 Å². The highest BCUT2D eigenvalue weighted by molar-refractivity contribution is 6.00. The van der Waals surface area contributed by atoms with Gasteiger partial charge in [0.05, 0.1) is 5.92 Å². The monoisotopic (exact) mass is 461 g/mol. The zero-order valence-electron chi connectivity index (χ0n) is 20.4. The lowest BCUT2D eigenvalue weighted by Gasteiger charge is -2.36. The fourth-order valence-corrected chi connectivity index (χ4v) is 4.98. The van der Waals surface area contributed by atoms with Crippen LogP contribution in [0, 0.1) is 18.8 Å². The van der Waals surface area contributed by atoms with Crippen LogP contribution in [0.1, 0.15) is 44.2 Å². The summed E-state index contributed by atoms with van der Waals surface area (Å²) in [5.41, 5.74) is 3.11. The Hall–Kier alpha value is -3.15. The van der Waals surface area contributed by atoms with Crippen LogP contribution in [0.3, 0.4) is 0 Å². The Bertz CT molecular complexity index is 1010. The minimum Gasteiger partial charge on any atom is -0.342 e. The molecule has 0 radical (unpaired) electrons. The fraction of sp³-hybridized carbons (Fsp3) is 0.464. The Morgan fingerprint density at radius 2 is 1.62 bits per heavy atom. The molecule has 2 aliphatic rings. The van der Waals surface area contributed by atoms with E-state index in [1.165, 1.54) is 0 Å². The molecule has 34 heavy (non-hydrogen) atoms. The van der Waals surface area contributed by atoms with E-state index in [0.29, 0.717) is 39.0 Å². The maximum absolute atomic E-state index is 13.3. The van der Waals surface area contributed by atoms with Crippen LogP contribution in [0.4, 0.5) is 5.69 Å². The van der Waals surface area contributed by atoms with Crippen molar-refractivity contribution in [2.24, 2.45) is 11.8 Å². The second kappa shape index (κ2) is 10.4. The zero-order valence-corrected chi connectivity index (χ0v) is 20.4. The number of piperidine rings is 1. The third-order valence-corrected chi connectivity index (χ3v) is 7.08. The summed E-state index contributed by atoms with van der Waals surface area (Å²) in [6, 6.07) is 18.0. The van der Waals surface area contributed by atoms with Gasteiger partial charge >= 0.3 is 0 Å². The van der Waals surface area contributed by atoms with Gasteiger partial charge in [-0.1, -0.05) is 48.0 Å². The van der Waals surface area contributed by atoms with Gasteiger partial charge in [0.2, 0.25) is 17.7 Å². The predicted octanol–water partition coefficient (Wildman–Crippen LogP) is 4.02. The Kier molecular flexibility index (Phi) is 7.35. The largest absolute Gasteiger partial charge is 0.342 e. The fourth-order valence-electron chi connectivity index (χ4n) is 4.98. The van der Waals surface area contributed by atoms with E-state index in [4.69, 9.17) is 0 Å². The maximum Gasteiger partial charge on any atom is 0.228 e. The lowest BCUT2D eigenvalue weighted by atomic mass is 9.93. The van der Waals surface area contributed by atoms with Crippen molar-refractivity contribution in [3.05, 3.63) is 65.7 Å². The normalized spacial score (nSPS) is 19.1. The van der Waals surface area contributed by atoms with Crippen LogP contribution in [-0.2, 0) is 20.9 Å². The first-order valence-corrected chi connectivity index (χ1v) is 12.3. The van der Waals surface area contributed by atoms with Gasteiger partial charge in [-0.15, -0.1) is 0 Å². The first-order valence-electron chi connectivity index (χ1n) is 12.3. The second-order valence-corrected chi connectivity index (χ2v) is 9.89. The predicted molar refractivity (Wildman–Crippen MR) is 133 cm³/mol. The van der Waals surface area contributed by atoms with Gasteiger partial charge in [-0.25, -0.2) is 0 Å². The molecule has 180 valence electrons. The van der Waals surface area contributed by atoms with Crippen molar-refractivity contribution in [3.8, 4) is 0 Å². The van der Waals surface area contributed by atoms with Gasteiger partial charge < -0.3 is 14.7 Å². The quantitative estimate of drug-likeness (QED) is 0.653. The molecule has 2 aliphatic heterocycles. The average molecular weight is 462 g/mol. The van der Waals surface area contributed by atoms with E-state index < -0.39 is 0 Å². The molecule has 0 aliphatic carbocycles. The highest BCUT2D eigenvalue weighted by Crippen LogP contribution is 2.29. The van der Waals surface area contributed by atoms with Gasteiger partial charge in [0, 0.05) is 50.2 Å². The molecule has 4 rings (SSSR count). The molecule has 6 heteroatoms. The van der Waals surface area contributed by atoms with Crippen molar-refractivity contribution < 1.29 is 14.4 Å². The summed E-state index contributed by atoms with van der Waals surface area (Å²) in [4.78, 5) is 44.6. The third kappa shape index (κ3) is 5.32. The van der Waals surface area contributed by atoms with Crippen LogP contribution < -0.4 is 4.90 Å². The molecular formula is C28H35N3O3. The number of amides is 3. The minimum atomic E-state index is -0.314. The Balaban J connectivity index is 1.33. The first-order chi connectivity index (χ1) is 16.3. The zero-order chi connectivity index (χ0) is 24.2. The van der Waals surface area contributed by atoms with Crippen molar-refractivity contribution in [1.29, 1.82) is 0 Å². The smallest absolute Gasteiger partial charge is 0.228 e. The van der Waals surface area contributed by atoms with Crippen LogP contribution in [0.2, 0.25) is 0 Å². The number of hydrogen-bond acceptors (Lipinski definition) is 3. The molecule has 1 atom stereocenters. The third-order valence-electron chi connectivity index (χ3n) is 7.08.